The monoisotopic (exact) mass is 272 g/mol. The lowest BCUT2D eigenvalue weighted by Crippen LogP contribution is -2.25. The fourth-order valence-corrected chi connectivity index (χ4v) is 0.891. The molecule has 19 heavy (non-hydrogen) atoms. The maximum Gasteiger partial charge on any atom is 0.514 e. The highest BCUT2D eigenvalue weighted by Crippen LogP contribution is 2.06. The lowest BCUT2D eigenvalue weighted by molar-refractivity contribution is -0.169. The molecule has 0 radical (unpaired) electrons. The molecule has 1 atom stereocenters. The van der Waals surface area contributed by atoms with E-state index in [9.17, 15) is 14.4 Å². The minimum atomic E-state index is -1.12. The van der Waals surface area contributed by atoms with Gasteiger partial charge < -0.3 is 18.9 Å². The van der Waals surface area contributed by atoms with Crippen molar-refractivity contribution < 1.29 is 33.3 Å². The largest absolute Gasteiger partial charge is 0.514 e. The fraction of sp³-hybridized carbons (Fsp3) is 0.417. The van der Waals surface area contributed by atoms with Crippen LogP contribution >= 0.6 is 0 Å². The van der Waals surface area contributed by atoms with E-state index in [1.54, 1.807) is 0 Å². The minimum absolute atomic E-state index is 0.307. The topological polar surface area (TPSA) is 88.1 Å². The van der Waals surface area contributed by atoms with Crippen molar-refractivity contribution in [1.29, 1.82) is 0 Å². The van der Waals surface area contributed by atoms with Crippen molar-refractivity contribution in [3.8, 4) is 0 Å². The minimum Gasteiger partial charge on any atom is -0.425 e. The molecule has 0 aromatic rings. The van der Waals surface area contributed by atoms with Crippen molar-refractivity contribution in [2.75, 3.05) is 6.79 Å². The second kappa shape index (κ2) is 9.69. The summed E-state index contributed by atoms with van der Waals surface area (Å²) in [6, 6.07) is 0. The average Bonchev–Trinajstić information content (AvgIpc) is 2.38. The molecule has 0 aliphatic carbocycles. The molecule has 1 unspecified atom stereocenters. The van der Waals surface area contributed by atoms with Crippen LogP contribution in [0.4, 0.5) is 4.79 Å². The second-order valence-corrected chi connectivity index (χ2v) is 3.16. The molecule has 0 fully saturated rings. The number of ether oxygens (including phenoxy) is 4. The Morgan fingerprint density at radius 3 is 2.21 bits per heavy atom. The van der Waals surface area contributed by atoms with Crippen LogP contribution in [0.3, 0.4) is 0 Å². The molecular formula is C12H16O7. The zero-order chi connectivity index (χ0) is 14.7. The van der Waals surface area contributed by atoms with Crippen LogP contribution in [-0.2, 0) is 28.5 Å². The highest BCUT2D eigenvalue weighted by molar-refractivity contribution is 5.81. The Morgan fingerprint density at radius 2 is 1.68 bits per heavy atom. The Labute approximate surface area is 110 Å². The highest BCUT2D eigenvalue weighted by Gasteiger charge is 2.18. The number of hydrogen-bond acceptors (Lipinski definition) is 7. The standard InChI is InChI=1S/C12H16O7/c1-4-7-11(18-10(14)6-3)19-12(15)17-8-16-9(13)5-2/h5-6,11H,2-4,7-8H2,1H3. The van der Waals surface area contributed by atoms with Gasteiger partial charge in [-0.3, -0.25) is 0 Å². The Hall–Kier alpha value is -2.31. The lowest BCUT2D eigenvalue weighted by atomic mass is 10.3. The summed E-state index contributed by atoms with van der Waals surface area (Å²) >= 11 is 0. The Morgan fingerprint density at radius 1 is 1.05 bits per heavy atom. The summed E-state index contributed by atoms with van der Waals surface area (Å²) < 4.78 is 18.3. The van der Waals surface area contributed by atoms with Gasteiger partial charge in [0.2, 0.25) is 6.79 Å². The van der Waals surface area contributed by atoms with E-state index in [1.807, 2.05) is 6.92 Å². The summed E-state index contributed by atoms with van der Waals surface area (Å²) in [5.74, 6) is -1.46. The molecule has 0 aliphatic rings. The van der Waals surface area contributed by atoms with Crippen LogP contribution in [0.25, 0.3) is 0 Å². The van der Waals surface area contributed by atoms with Crippen LogP contribution in [0.1, 0.15) is 19.8 Å². The van der Waals surface area contributed by atoms with Crippen LogP contribution < -0.4 is 0 Å². The van der Waals surface area contributed by atoms with Crippen LogP contribution in [-0.4, -0.2) is 31.2 Å². The molecule has 0 rings (SSSR count). The average molecular weight is 272 g/mol. The van der Waals surface area contributed by atoms with Gasteiger partial charge in [-0.25, -0.2) is 14.4 Å². The van der Waals surface area contributed by atoms with Gasteiger partial charge in [-0.05, 0) is 6.42 Å². The van der Waals surface area contributed by atoms with Gasteiger partial charge in [-0.2, -0.15) is 0 Å². The quantitative estimate of drug-likeness (QED) is 0.377. The molecule has 0 aromatic carbocycles. The molecule has 0 saturated carbocycles. The van der Waals surface area contributed by atoms with Crippen molar-refractivity contribution in [2.45, 2.75) is 26.1 Å². The molecule has 7 nitrogen and oxygen atoms in total. The number of esters is 2. The van der Waals surface area contributed by atoms with E-state index in [0.29, 0.717) is 12.8 Å². The molecule has 0 aliphatic heterocycles. The normalized spacial score (nSPS) is 10.8. The maximum absolute atomic E-state index is 11.2. The van der Waals surface area contributed by atoms with Crippen molar-refractivity contribution in [2.24, 2.45) is 0 Å². The first-order chi connectivity index (χ1) is 9.03. The summed E-state index contributed by atoms with van der Waals surface area (Å²) in [5.41, 5.74) is 0. The number of hydrogen-bond donors (Lipinski definition) is 0. The molecule has 0 heterocycles. The fourth-order valence-electron chi connectivity index (χ4n) is 0.891. The van der Waals surface area contributed by atoms with E-state index in [4.69, 9.17) is 9.47 Å². The molecule has 0 bridgehead atoms. The van der Waals surface area contributed by atoms with E-state index < -0.39 is 31.2 Å². The Kier molecular flexibility index (Phi) is 8.51. The Bertz CT molecular complexity index is 348. The summed E-state index contributed by atoms with van der Waals surface area (Å²) in [6.45, 7) is 7.58. The van der Waals surface area contributed by atoms with Gasteiger partial charge in [0.05, 0.1) is 0 Å². The van der Waals surface area contributed by atoms with Gasteiger partial charge in [-0.15, -0.1) is 0 Å². The smallest absolute Gasteiger partial charge is 0.425 e. The molecule has 0 N–H and O–H groups in total. The first kappa shape index (κ1) is 16.7. The van der Waals surface area contributed by atoms with Gasteiger partial charge in [0, 0.05) is 18.6 Å². The molecule has 0 saturated heterocycles. The van der Waals surface area contributed by atoms with E-state index >= 15 is 0 Å². The number of rotatable bonds is 8. The molecule has 0 amide bonds. The number of carbonyl (C=O) groups is 3. The second-order valence-electron chi connectivity index (χ2n) is 3.16. The maximum atomic E-state index is 11.2. The molecule has 7 heteroatoms. The molecule has 0 aromatic heterocycles. The van der Waals surface area contributed by atoms with E-state index in [1.165, 1.54) is 0 Å². The third-order valence-electron chi connectivity index (χ3n) is 1.71. The molecule has 0 spiro atoms. The highest BCUT2D eigenvalue weighted by atomic mass is 16.8. The van der Waals surface area contributed by atoms with Crippen molar-refractivity contribution in [3.05, 3.63) is 25.3 Å². The zero-order valence-electron chi connectivity index (χ0n) is 10.6. The SMILES string of the molecule is C=CC(=O)OCOC(=O)OC(CCC)OC(=O)C=C. The van der Waals surface area contributed by atoms with E-state index in [2.05, 4.69) is 22.6 Å². The van der Waals surface area contributed by atoms with Crippen LogP contribution in [0.15, 0.2) is 25.3 Å². The third kappa shape index (κ3) is 8.42. The first-order valence-electron chi connectivity index (χ1n) is 5.49. The summed E-state index contributed by atoms with van der Waals surface area (Å²) in [7, 11) is 0. The van der Waals surface area contributed by atoms with Gasteiger partial charge in [0.1, 0.15) is 0 Å². The van der Waals surface area contributed by atoms with E-state index in [0.717, 1.165) is 12.2 Å². The summed E-state index contributed by atoms with van der Waals surface area (Å²) in [5, 5.41) is 0. The first-order valence-corrected chi connectivity index (χ1v) is 5.49. The molecule has 106 valence electrons. The summed E-state index contributed by atoms with van der Waals surface area (Å²) in [6.07, 6.45) is 0.601. The van der Waals surface area contributed by atoms with Crippen LogP contribution in [0.5, 0.6) is 0 Å². The van der Waals surface area contributed by atoms with Gasteiger partial charge in [0.15, 0.2) is 0 Å². The van der Waals surface area contributed by atoms with Crippen LogP contribution in [0.2, 0.25) is 0 Å². The van der Waals surface area contributed by atoms with Crippen molar-refractivity contribution in [3.63, 3.8) is 0 Å². The lowest BCUT2D eigenvalue weighted by Gasteiger charge is -2.16. The van der Waals surface area contributed by atoms with Gasteiger partial charge in [-0.1, -0.05) is 20.1 Å². The van der Waals surface area contributed by atoms with Gasteiger partial charge in [0.25, 0.3) is 6.29 Å². The summed E-state index contributed by atoms with van der Waals surface area (Å²) in [4.78, 5) is 32.8. The van der Waals surface area contributed by atoms with E-state index in [-0.39, 0.29) is 0 Å². The predicted molar refractivity (Wildman–Crippen MR) is 63.7 cm³/mol. The van der Waals surface area contributed by atoms with Crippen molar-refractivity contribution >= 4 is 18.1 Å². The zero-order valence-corrected chi connectivity index (χ0v) is 10.6. The van der Waals surface area contributed by atoms with Crippen molar-refractivity contribution in [1.82, 2.24) is 0 Å². The molecular weight excluding hydrogens is 256 g/mol. The third-order valence-corrected chi connectivity index (χ3v) is 1.71. The predicted octanol–water partition coefficient (Wildman–Crippen LogP) is 1.68. The Balaban J connectivity index is 4.08. The number of carbonyl (C=O) groups excluding carboxylic acids is 3. The van der Waals surface area contributed by atoms with Crippen LogP contribution in [0, 0.1) is 0 Å². The van der Waals surface area contributed by atoms with Gasteiger partial charge >= 0.3 is 18.1 Å².